The quantitative estimate of drug-likeness (QED) is 0.837. The molecule has 2 heterocycles. The van der Waals surface area contributed by atoms with Gasteiger partial charge >= 0.3 is 6.18 Å². The first-order valence-corrected chi connectivity index (χ1v) is 7.55. The highest BCUT2D eigenvalue weighted by molar-refractivity contribution is 8.00. The number of fused-ring (bicyclic) bond motifs is 2. The predicted octanol–water partition coefficient (Wildman–Crippen LogP) is 2.96. The maximum atomic E-state index is 12.6. The molecule has 2 unspecified atom stereocenters. The van der Waals surface area contributed by atoms with Crippen LogP contribution in [0, 0.1) is 0 Å². The summed E-state index contributed by atoms with van der Waals surface area (Å²) in [7, 11) is 0. The van der Waals surface area contributed by atoms with Crippen molar-refractivity contribution in [3.63, 3.8) is 0 Å². The van der Waals surface area contributed by atoms with E-state index in [2.05, 4.69) is 0 Å². The van der Waals surface area contributed by atoms with Gasteiger partial charge in [-0.2, -0.15) is 24.9 Å². The molecule has 2 fully saturated rings. The molecule has 0 spiro atoms. The smallest absolute Gasteiger partial charge is 0.337 e. The monoisotopic (exact) mass is 301 g/mol. The van der Waals surface area contributed by atoms with E-state index in [0.717, 1.165) is 30.9 Å². The summed E-state index contributed by atoms with van der Waals surface area (Å²) in [5.41, 5.74) is -0.262. The summed E-state index contributed by atoms with van der Waals surface area (Å²) in [6, 6.07) is 5.32. The minimum absolute atomic E-state index is 0.0534. The molecule has 108 valence electrons. The number of carbonyl (C=O) groups excluding carboxylic acids is 1. The van der Waals surface area contributed by atoms with E-state index in [-0.39, 0.29) is 18.4 Å². The Morgan fingerprint density at radius 3 is 2.80 bits per heavy atom. The summed E-state index contributed by atoms with van der Waals surface area (Å²) < 4.78 is 37.9. The van der Waals surface area contributed by atoms with Crippen LogP contribution < -0.4 is 0 Å². The summed E-state index contributed by atoms with van der Waals surface area (Å²) in [5.74, 6) is 0.899. The lowest BCUT2D eigenvalue weighted by Gasteiger charge is -2.26. The van der Waals surface area contributed by atoms with Crippen molar-refractivity contribution in [2.45, 2.75) is 30.3 Å². The van der Waals surface area contributed by atoms with Gasteiger partial charge < -0.3 is 4.90 Å². The summed E-state index contributed by atoms with van der Waals surface area (Å²) in [6.45, 7) is 0.743. The second-order valence-corrected chi connectivity index (χ2v) is 6.60. The van der Waals surface area contributed by atoms with Crippen LogP contribution in [0.25, 0.3) is 0 Å². The molecule has 0 N–H and O–H groups in total. The summed E-state index contributed by atoms with van der Waals surface area (Å²) in [4.78, 5) is 14.0. The number of benzene rings is 1. The van der Waals surface area contributed by atoms with Crippen molar-refractivity contribution in [1.29, 1.82) is 0 Å². The third-order valence-electron chi connectivity index (χ3n) is 3.83. The van der Waals surface area contributed by atoms with Crippen LogP contribution >= 0.6 is 11.8 Å². The van der Waals surface area contributed by atoms with Crippen molar-refractivity contribution in [1.82, 2.24) is 4.90 Å². The molecule has 2 bridgehead atoms. The Kier molecular flexibility index (Phi) is 3.44. The first-order chi connectivity index (χ1) is 9.43. The molecular weight excluding hydrogens is 287 g/mol. The van der Waals surface area contributed by atoms with Gasteiger partial charge in [0.1, 0.15) is 0 Å². The number of amides is 1. The average Bonchev–Trinajstić information content (AvgIpc) is 3.00. The first-order valence-electron chi connectivity index (χ1n) is 6.50. The molecule has 0 aliphatic carbocycles. The summed E-state index contributed by atoms with van der Waals surface area (Å²) in [5, 5.41) is 0.519. The number of alkyl halides is 3. The summed E-state index contributed by atoms with van der Waals surface area (Å²) in [6.07, 6.45) is -3.28. The number of likely N-dealkylation sites (tertiary alicyclic amines) is 1. The van der Waals surface area contributed by atoms with Gasteiger partial charge in [-0.05, 0) is 18.1 Å². The first kappa shape index (κ1) is 13.8. The maximum Gasteiger partial charge on any atom is 0.416 e. The fourth-order valence-electron chi connectivity index (χ4n) is 2.84. The Labute approximate surface area is 119 Å². The number of carbonyl (C=O) groups is 1. The van der Waals surface area contributed by atoms with Crippen molar-refractivity contribution in [2.24, 2.45) is 0 Å². The highest BCUT2D eigenvalue weighted by Gasteiger charge is 2.40. The lowest BCUT2D eigenvalue weighted by atomic mass is 10.1. The molecule has 3 rings (SSSR count). The highest BCUT2D eigenvalue weighted by Crippen LogP contribution is 2.37. The predicted molar refractivity (Wildman–Crippen MR) is 71.5 cm³/mol. The molecule has 0 aromatic heterocycles. The number of hydrogen-bond acceptors (Lipinski definition) is 2. The molecule has 6 heteroatoms. The highest BCUT2D eigenvalue weighted by atomic mass is 32.2. The number of hydrogen-bond donors (Lipinski definition) is 0. The van der Waals surface area contributed by atoms with Gasteiger partial charge in [0.2, 0.25) is 5.91 Å². The lowest BCUT2D eigenvalue weighted by Crippen LogP contribution is -2.40. The van der Waals surface area contributed by atoms with E-state index in [1.807, 2.05) is 16.7 Å². The molecular formula is C14H14F3NOS. The van der Waals surface area contributed by atoms with Gasteiger partial charge in [-0.3, -0.25) is 4.79 Å². The van der Waals surface area contributed by atoms with Crippen LogP contribution in [0.3, 0.4) is 0 Å². The van der Waals surface area contributed by atoms with E-state index < -0.39 is 11.7 Å². The van der Waals surface area contributed by atoms with E-state index >= 15 is 0 Å². The van der Waals surface area contributed by atoms with Crippen LogP contribution in [-0.2, 0) is 17.4 Å². The molecule has 1 aromatic carbocycles. The third-order valence-corrected chi connectivity index (χ3v) is 5.22. The zero-order chi connectivity index (χ0) is 14.3. The molecule has 0 radical (unpaired) electrons. The lowest BCUT2D eigenvalue weighted by molar-refractivity contribution is -0.138. The SMILES string of the molecule is O=C(Cc1cccc(C(F)(F)F)c1)N1CC2CC1CS2. The van der Waals surface area contributed by atoms with Crippen LogP contribution in [0.5, 0.6) is 0 Å². The summed E-state index contributed by atoms with van der Waals surface area (Å²) >= 11 is 1.88. The third kappa shape index (κ3) is 2.66. The molecule has 0 saturated carbocycles. The second-order valence-electron chi connectivity index (χ2n) is 5.27. The van der Waals surface area contributed by atoms with Gasteiger partial charge in [0, 0.05) is 23.6 Å². The average molecular weight is 301 g/mol. The van der Waals surface area contributed by atoms with Gasteiger partial charge in [0.15, 0.2) is 0 Å². The normalized spacial score (nSPS) is 25.2. The minimum atomic E-state index is -4.36. The van der Waals surface area contributed by atoms with Crippen molar-refractivity contribution in [3.8, 4) is 0 Å². The van der Waals surface area contributed by atoms with E-state index in [4.69, 9.17) is 0 Å². The van der Waals surface area contributed by atoms with E-state index in [0.29, 0.717) is 10.8 Å². The van der Waals surface area contributed by atoms with Crippen LogP contribution in [-0.4, -0.2) is 34.4 Å². The topological polar surface area (TPSA) is 20.3 Å². The van der Waals surface area contributed by atoms with E-state index in [9.17, 15) is 18.0 Å². The largest absolute Gasteiger partial charge is 0.416 e. The molecule has 1 amide bonds. The number of halogens is 3. The number of thioether (sulfide) groups is 1. The van der Waals surface area contributed by atoms with E-state index in [1.165, 1.54) is 6.07 Å². The number of rotatable bonds is 2. The standard InChI is InChI=1S/C14H14F3NOS/c15-14(16,17)10-3-1-2-9(4-10)5-13(19)18-7-12-6-11(18)8-20-12/h1-4,11-12H,5-8H2. The Hall–Kier alpha value is -1.17. The van der Waals surface area contributed by atoms with Gasteiger partial charge in [0.25, 0.3) is 0 Å². The van der Waals surface area contributed by atoms with Crippen LogP contribution in [0.1, 0.15) is 17.5 Å². The van der Waals surface area contributed by atoms with Gasteiger partial charge in [-0.15, -0.1) is 0 Å². The maximum absolute atomic E-state index is 12.6. The molecule has 20 heavy (non-hydrogen) atoms. The Balaban J connectivity index is 1.70. The van der Waals surface area contributed by atoms with Crippen molar-refractivity contribution in [2.75, 3.05) is 12.3 Å². The molecule has 2 atom stereocenters. The molecule has 2 aliphatic heterocycles. The Morgan fingerprint density at radius 1 is 1.40 bits per heavy atom. The Morgan fingerprint density at radius 2 is 2.20 bits per heavy atom. The molecule has 2 aliphatic rings. The van der Waals surface area contributed by atoms with Gasteiger partial charge in [-0.1, -0.05) is 18.2 Å². The molecule has 2 saturated heterocycles. The zero-order valence-corrected chi connectivity index (χ0v) is 11.5. The second kappa shape index (κ2) is 4.98. The number of nitrogens with zero attached hydrogens (tertiary/aromatic N) is 1. The van der Waals surface area contributed by atoms with Gasteiger partial charge in [-0.25, -0.2) is 0 Å². The van der Waals surface area contributed by atoms with E-state index in [1.54, 1.807) is 6.07 Å². The van der Waals surface area contributed by atoms with Crippen molar-refractivity contribution >= 4 is 17.7 Å². The zero-order valence-electron chi connectivity index (χ0n) is 10.7. The fourth-order valence-corrected chi connectivity index (χ4v) is 4.27. The molecule has 2 nitrogen and oxygen atoms in total. The molecule has 1 aromatic rings. The van der Waals surface area contributed by atoms with Crippen LogP contribution in [0.4, 0.5) is 13.2 Å². The van der Waals surface area contributed by atoms with Gasteiger partial charge in [0.05, 0.1) is 12.0 Å². The fraction of sp³-hybridized carbons (Fsp3) is 0.500. The van der Waals surface area contributed by atoms with Crippen molar-refractivity contribution < 1.29 is 18.0 Å². The Bertz CT molecular complexity index is 531. The van der Waals surface area contributed by atoms with Crippen LogP contribution in [0.15, 0.2) is 24.3 Å². The van der Waals surface area contributed by atoms with Crippen LogP contribution in [0.2, 0.25) is 0 Å². The minimum Gasteiger partial charge on any atom is -0.337 e. The van der Waals surface area contributed by atoms with Crippen molar-refractivity contribution in [3.05, 3.63) is 35.4 Å².